The minimum absolute atomic E-state index is 0.150. The molecule has 0 spiro atoms. The Morgan fingerprint density at radius 2 is 1.43 bits per heavy atom. The average molecular weight is 552 g/mol. The van der Waals surface area contributed by atoms with E-state index in [1.54, 1.807) is 0 Å². The summed E-state index contributed by atoms with van der Waals surface area (Å²) in [5.74, 6) is -5.86. The number of benzene rings is 3. The van der Waals surface area contributed by atoms with Gasteiger partial charge in [0.05, 0.1) is 7.11 Å². The summed E-state index contributed by atoms with van der Waals surface area (Å²) in [4.78, 5) is 35.9. The van der Waals surface area contributed by atoms with Crippen molar-refractivity contribution < 1.29 is 59.2 Å². The molecule has 0 saturated heterocycles. The lowest BCUT2D eigenvalue weighted by Crippen LogP contribution is -2.28. The topological polar surface area (TPSA) is 200 Å². The van der Waals surface area contributed by atoms with Gasteiger partial charge < -0.3 is 44.8 Å². The summed E-state index contributed by atoms with van der Waals surface area (Å²) < 4.78 is 15.1. The van der Waals surface area contributed by atoms with Gasteiger partial charge >= 0.3 is 17.9 Å². The number of aromatic hydroxyl groups is 5. The van der Waals surface area contributed by atoms with Crippen molar-refractivity contribution in [3.05, 3.63) is 83.1 Å². The number of methoxy groups -OCH3 is 1. The van der Waals surface area contributed by atoms with Crippen molar-refractivity contribution >= 4 is 30.1 Å². The van der Waals surface area contributed by atoms with E-state index in [0.717, 1.165) is 19.3 Å². The van der Waals surface area contributed by atoms with Crippen molar-refractivity contribution in [2.75, 3.05) is 7.11 Å². The van der Waals surface area contributed by atoms with Gasteiger partial charge in [-0.25, -0.2) is 14.4 Å². The van der Waals surface area contributed by atoms with Crippen molar-refractivity contribution in [2.45, 2.75) is 12.5 Å². The highest BCUT2D eigenvalue weighted by atomic mass is 16.6. The van der Waals surface area contributed by atoms with E-state index in [1.165, 1.54) is 60.7 Å². The minimum atomic E-state index is -1.58. The van der Waals surface area contributed by atoms with Crippen molar-refractivity contribution in [2.24, 2.45) is 0 Å². The molecule has 0 aromatic heterocycles. The number of ether oxygens (including phenoxy) is 3. The second-order valence-corrected chi connectivity index (χ2v) is 8.20. The Balaban J connectivity index is 1.71. The first kappa shape index (κ1) is 28.9. The fourth-order valence-electron chi connectivity index (χ4n) is 3.29. The largest absolute Gasteiger partial charge is 0.504 e. The molecule has 0 heterocycles. The molecule has 6 N–H and O–H groups in total. The molecule has 3 aromatic carbocycles. The summed E-state index contributed by atoms with van der Waals surface area (Å²) in [7, 11) is 1.12. The number of aliphatic carboxylic acids is 1. The number of phenols is 5. The maximum atomic E-state index is 12.2. The minimum Gasteiger partial charge on any atom is -0.504 e. The van der Waals surface area contributed by atoms with E-state index < -0.39 is 41.3 Å². The third-order valence-electron chi connectivity index (χ3n) is 5.29. The highest BCUT2D eigenvalue weighted by molar-refractivity contribution is 5.92. The van der Waals surface area contributed by atoms with E-state index in [-0.39, 0.29) is 35.0 Å². The van der Waals surface area contributed by atoms with Crippen LogP contribution in [0.25, 0.3) is 12.2 Å². The molecule has 0 fully saturated rings. The number of hydrogen-bond acceptors (Lipinski definition) is 11. The molecule has 0 amide bonds. The lowest BCUT2D eigenvalue weighted by atomic mass is 10.1. The highest BCUT2D eigenvalue weighted by Gasteiger charge is 2.22. The molecule has 0 saturated carbocycles. The average Bonchev–Trinajstić information content (AvgIpc) is 2.91. The van der Waals surface area contributed by atoms with Gasteiger partial charge in [0.1, 0.15) is 0 Å². The van der Waals surface area contributed by atoms with E-state index in [9.17, 15) is 45.0 Å². The molecule has 3 rings (SSSR count). The van der Waals surface area contributed by atoms with Crippen LogP contribution in [0, 0.1) is 0 Å². The van der Waals surface area contributed by atoms with Gasteiger partial charge in [-0.1, -0.05) is 18.2 Å². The second kappa shape index (κ2) is 12.7. The van der Waals surface area contributed by atoms with Gasteiger partial charge in [0, 0.05) is 12.5 Å². The predicted molar refractivity (Wildman–Crippen MR) is 139 cm³/mol. The van der Waals surface area contributed by atoms with Crippen molar-refractivity contribution in [3.8, 4) is 34.5 Å². The number of esters is 2. The Bertz CT molecular complexity index is 1490. The Morgan fingerprint density at radius 3 is 2.02 bits per heavy atom. The van der Waals surface area contributed by atoms with Crippen LogP contribution in [0.15, 0.2) is 66.4 Å². The number of rotatable bonds is 10. The molecule has 0 aliphatic rings. The molecule has 0 bridgehead atoms. The Kier molecular flexibility index (Phi) is 9.21. The summed E-state index contributed by atoms with van der Waals surface area (Å²) in [5, 5.41) is 57.8. The fraction of sp³-hybridized carbons (Fsp3) is 0.107. The van der Waals surface area contributed by atoms with E-state index >= 15 is 0 Å². The Morgan fingerprint density at radius 1 is 0.800 bits per heavy atom. The summed E-state index contributed by atoms with van der Waals surface area (Å²) in [6.07, 6.45) is 1.55. The first-order valence-electron chi connectivity index (χ1n) is 11.4. The molecule has 12 nitrogen and oxygen atoms in total. The standard InChI is InChI=1S/C28H24O12/c1-38-28(37)25(14-17-3-7-19(30)21(32)12-17)39-23-8-4-15(10-22(23)33)5-9-26(34)40-24(27(35)36)13-16-2-6-18(29)20(31)11-16/h2-12,14,24,29-33H,13H2,1H3,(H,35,36)/t24-/m0/s1. The number of carbonyl (C=O) groups excluding carboxylic acids is 2. The van der Waals surface area contributed by atoms with Crippen LogP contribution in [-0.2, 0) is 30.3 Å². The zero-order valence-electron chi connectivity index (χ0n) is 20.8. The smallest absolute Gasteiger partial charge is 0.373 e. The number of carboxylic acid groups (broad SMARTS) is 1. The lowest BCUT2D eigenvalue weighted by Gasteiger charge is -2.13. The molecule has 0 aliphatic carbocycles. The monoisotopic (exact) mass is 552 g/mol. The molecular weight excluding hydrogens is 528 g/mol. The molecule has 0 unspecified atom stereocenters. The summed E-state index contributed by atoms with van der Waals surface area (Å²) >= 11 is 0. The molecule has 3 aromatic rings. The Labute approximate surface area is 226 Å². The summed E-state index contributed by atoms with van der Waals surface area (Å²) in [6.45, 7) is 0. The Hall–Kier alpha value is -5.65. The maximum Gasteiger partial charge on any atom is 0.373 e. The summed E-state index contributed by atoms with van der Waals surface area (Å²) in [6, 6.07) is 11.4. The first-order valence-corrected chi connectivity index (χ1v) is 11.4. The lowest BCUT2D eigenvalue weighted by molar-refractivity contribution is -0.160. The van der Waals surface area contributed by atoms with E-state index in [2.05, 4.69) is 4.74 Å². The highest BCUT2D eigenvalue weighted by Crippen LogP contribution is 2.31. The van der Waals surface area contributed by atoms with E-state index in [0.29, 0.717) is 11.1 Å². The molecule has 0 aliphatic heterocycles. The SMILES string of the molecule is COC(=O)C(=Cc1ccc(O)c(O)c1)Oc1ccc(C=CC(=O)O[C@@H](Cc2ccc(O)c(O)c2)C(=O)O)cc1O. The van der Waals surface area contributed by atoms with Crippen LogP contribution >= 0.6 is 0 Å². The van der Waals surface area contributed by atoms with Crippen LogP contribution in [0.3, 0.4) is 0 Å². The number of carbonyl (C=O) groups is 3. The van der Waals surface area contributed by atoms with Gasteiger partial charge in [0.25, 0.3) is 0 Å². The number of carboxylic acids is 1. The number of phenolic OH excluding ortho intramolecular Hbond substituents is 5. The molecule has 208 valence electrons. The van der Waals surface area contributed by atoms with Gasteiger partial charge in [-0.05, 0) is 65.2 Å². The maximum absolute atomic E-state index is 12.2. The zero-order valence-corrected chi connectivity index (χ0v) is 20.8. The van der Waals surface area contributed by atoms with Crippen molar-refractivity contribution in [1.29, 1.82) is 0 Å². The molecule has 0 radical (unpaired) electrons. The number of hydrogen-bond donors (Lipinski definition) is 6. The second-order valence-electron chi connectivity index (χ2n) is 8.20. The van der Waals surface area contributed by atoms with Crippen LogP contribution in [0.4, 0.5) is 0 Å². The van der Waals surface area contributed by atoms with Crippen LogP contribution in [-0.4, -0.2) is 61.8 Å². The normalized spacial score (nSPS) is 12.1. The zero-order chi connectivity index (χ0) is 29.4. The molecule has 12 heteroatoms. The molecule has 40 heavy (non-hydrogen) atoms. The van der Waals surface area contributed by atoms with E-state index in [1.807, 2.05) is 0 Å². The van der Waals surface area contributed by atoms with Crippen molar-refractivity contribution in [1.82, 2.24) is 0 Å². The van der Waals surface area contributed by atoms with Gasteiger partial charge in [0.15, 0.2) is 34.5 Å². The van der Waals surface area contributed by atoms with Gasteiger partial charge in [-0.3, -0.25) is 0 Å². The summed E-state index contributed by atoms with van der Waals surface area (Å²) in [5.41, 5.74) is 0.891. The third-order valence-corrected chi connectivity index (χ3v) is 5.29. The van der Waals surface area contributed by atoms with Crippen molar-refractivity contribution in [3.63, 3.8) is 0 Å². The van der Waals surface area contributed by atoms with Crippen LogP contribution in [0.2, 0.25) is 0 Å². The van der Waals surface area contributed by atoms with Gasteiger partial charge in [-0.2, -0.15) is 0 Å². The first-order chi connectivity index (χ1) is 19.0. The van der Waals surface area contributed by atoms with Crippen LogP contribution in [0.1, 0.15) is 16.7 Å². The quantitative estimate of drug-likeness (QED) is 0.0931. The predicted octanol–water partition coefficient (Wildman–Crippen LogP) is 3.06. The van der Waals surface area contributed by atoms with E-state index in [4.69, 9.17) is 9.47 Å². The fourth-order valence-corrected chi connectivity index (χ4v) is 3.29. The molecule has 1 atom stereocenters. The van der Waals surface area contributed by atoms with Gasteiger partial charge in [-0.15, -0.1) is 0 Å². The molecular formula is C28H24O12. The third kappa shape index (κ3) is 7.68. The van der Waals surface area contributed by atoms with Crippen LogP contribution in [0.5, 0.6) is 34.5 Å². The van der Waals surface area contributed by atoms with Crippen LogP contribution < -0.4 is 4.74 Å². The van der Waals surface area contributed by atoms with Gasteiger partial charge in [0.2, 0.25) is 11.9 Å².